The van der Waals surface area contributed by atoms with E-state index >= 15 is 0 Å². The molecular weight excluding hydrogens is 380 g/mol. The van der Waals surface area contributed by atoms with Crippen molar-refractivity contribution in [3.8, 4) is 0 Å². The number of hydrogen-bond acceptors (Lipinski definition) is 6. The number of ether oxygens (including phenoxy) is 2. The molecule has 0 heterocycles. The van der Waals surface area contributed by atoms with Crippen LogP contribution in [0.3, 0.4) is 0 Å². The minimum atomic E-state index is -1.28. The Morgan fingerprint density at radius 3 is 1.84 bits per heavy atom. The van der Waals surface area contributed by atoms with Gasteiger partial charge in [0.1, 0.15) is 0 Å². The maximum absolute atomic E-state index is 12.4. The van der Waals surface area contributed by atoms with Crippen molar-refractivity contribution in [1.82, 2.24) is 0 Å². The number of thioether (sulfide) groups is 2. The lowest BCUT2D eigenvalue weighted by Gasteiger charge is -2.28. The maximum atomic E-state index is 12.4. The first-order valence-electron chi connectivity index (χ1n) is 7.94. The Morgan fingerprint density at radius 1 is 1.00 bits per heavy atom. The quantitative estimate of drug-likeness (QED) is 0.347. The average molecular weight is 407 g/mol. The third kappa shape index (κ3) is 8.38. The van der Waals surface area contributed by atoms with E-state index in [0.717, 1.165) is 5.56 Å². The van der Waals surface area contributed by atoms with Crippen LogP contribution in [0.25, 0.3) is 0 Å². The van der Waals surface area contributed by atoms with Crippen molar-refractivity contribution in [1.29, 1.82) is 0 Å². The van der Waals surface area contributed by atoms with Gasteiger partial charge in [0, 0.05) is 12.2 Å². The summed E-state index contributed by atoms with van der Waals surface area (Å²) < 4.78 is 10.3. The van der Waals surface area contributed by atoms with Crippen molar-refractivity contribution < 1.29 is 19.1 Å². The Bertz CT molecular complexity index is 477. The fourth-order valence-corrected chi connectivity index (χ4v) is 2.96. The summed E-state index contributed by atoms with van der Waals surface area (Å²) in [7, 11) is 0. The van der Waals surface area contributed by atoms with Crippen LogP contribution in [-0.4, -0.2) is 48.6 Å². The fraction of sp³-hybridized carbons (Fsp3) is 0.556. The van der Waals surface area contributed by atoms with E-state index in [-0.39, 0.29) is 19.6 Å². The number of rotatable bonds is 9. The topological polar surface area (TPSA) is 52.6 Å². The largest absolute Gasteiger partial charge is 0.465 e. The molecule has 142 valence electrons. The van der Waals surface area contributed by atoms with Crippen molar-refractivity contribution in [3.63, 3.8) is 0 Å². The zero-order valence-corrected chi connectivity index (χ0v) is 17.6. The molecule has 0 N–H and O–H groups in total. The Kier molecular flexibility index (Phi) is 13.8. The molecular formula is C18H27ClO4S2. The van der Waals surface area contributed by atoms with Gasteiger partial charge in [-0.15, -0.1) is 23.4 Å². The van der Waals surface area contributed by atoms with E-state index in [2.05, 4.69) is 0 Å². The summed E-state index contributed by atoms with van der Waals surface area (Å²) in [5.41, 5.74) is -0.375. The predicted molar refractivity (Wildman–Crippen MR) is 108 cm³/mol. The number of halogens is 1. The van der Waals surface area contributed by atoms with Crippen LogP contribution >= 0.6 is 35.1 Å². The van der Waals surface area contributed by atoms with Gasteiger partial charge in [0.05, 0.1) is 18.4 Å². The molecule has 0 fully saturated rings. The van der Waals surface area contributed by atoms with Crippen LogP contribution in [-0.2, 0) is 25.5 Å². The zero-order valence-electron chi connectivity index (χ0n) is 15.2. The molecule has 1 aromatic carbocycles. The molecule has 1 aromatic rings. The van der Waals surface area contributed by atoms with Gasteiger partial charge in [-0.1, -0.05) is 30.3 Å². The third-order valence-corrected chi connectivity index (χ3v) is 4.84. The first kappa shape index (κ1) is 24.1. The van der Waals surface area contributed by atoms with Gasteiger partial charge in [-0.05, 0) is 31.9 Å². The summed E-state index contributed by atoms with van der Waals surface area (Å²) in [6.07, 6.45) is 4.11. The summed E-state index contributed by atoms with van der Waals surface area (Å²) >= 11 is 8.21. The Balaban J connectivity index is 0.00000129. The summed E-state index contributed by atoms with van der Waals surface area (Å²) in [6.45, 7) is 3.94. The highest BCUT2D eigenvalue weighted by Crippen LogP contribution is 2.31. The minimum absolute atomic E-state index is 0.239. The molecule has 0 radical (unpaired) electrons. The average Bonchev–Trinajstić information content (AvgIpc) is 2.62. The van der Waals surface area contributed by atoms with Gasteiger partial charge >= 0.3 is 11.9 Å². The van der Waals surface area contributed by atoms with Crippen molar-refractivity contribution in [2.45, 2.75) is 20.3 Å². The second kappa shape index (κ2) is 14.3. The van der Waals surface area contributed by atoms with Gasteiger partial charge < -0.3 is 9.47 Å². The standard InChI is InChI=1S/C16H22O4S.C2H5ClS/c1-4-19-14(17)16(12-21-3,15(18)20-5-2)11-13-9-7-6-8-10-13;1-4-2-3/h6-10H,4-5,11-12H2,1-3H3;2H2,1H3. The summed E-state index contributed by atoms with van der Waals surface area (Å²) in [4.78, 5) is 24.9. The van der Waals surface area contributed by atoms with E-state index in [4.69, 9.17) is 21.1 Å². The first-order chi connectivity index (χ1) is 12.0. The van der Waals surface area contributed by atoms with Crippen molar-refractivity contribution in [2.75, 3.05) is 36.7 Å². The molecule has 0 atom stereocenters. The normalized spacial score (nSPS) is 10.4. The zero-order chi connectivity index (χ0) is 19.1. The highest BCUT2D eigenvalue weighted by molar-refractivity contribution is 7.99. The van der Waals surface area contributed by atoms with Gasteiger partial charge in [-0.2, -0.15) is 11.8 Å². The van der Waals surface area contributed by atoms with Gasteiger partial charge in [-0.25, -0.2) is 0 Å². The molecule has 0 saturated carbocycles. The molecule has 7 heteroatoms. The first-order valence-corrected chi connectivity index (χ1v) is 11.3. The van der Waals surface area contributed by atoms with E-state index in [0.29, 0.717) is 11.0 Å². The molecule has 0 aliphatic rings. The summed E-state index contributed by atoms with van der Waals surface area (Å²) in [5.74, 6) is -0.692. The second-order valence-electron chi connectivity index (χ2n) is 5.02. The molecule has 4 nitrogen and oxygen atoms in total. The molecule has 0 saturated heterocycles. The van der Waals surface area contributed by atoms with Crippen molar-refractivity contribution >= 4 is 47.1 Å². The van der Waals surface area contributed by atoms with Crippen LogP contribution < -0.4 is 0 Å². The van der Waals surface area contributed by atoms with Crippen LogP contribution in [0.5, 0.6) is 0 Å². The Hall–Kier alpha value is -0.850. The maximum Gasteiger partial charge on any atom is 0.324 e. The highest BCUT2D eigenvalue weighted by atomic mass is 35.5. The van der Waals surface area contributed by atoms with Crippen LogP contribution in [0.4, 0.5) is 0 Å². The minimum Gasteiger partial charge on any atom is -0.465 e. The number of benzene rings is 1. The van der Waals surface area contributed by atoms with Crippen LogP contribution in [0.1, 0.15) is 19.4 Å². The smallest absolute Gasteiger partial charge is 0.324 e. The number of hydrogen-bond donors (Lipinski definition) is 0. The lowest BCUT2D eigenvalue weighted by molar-refractivity contribution is -0.170. The molecule has 0 aliphatic carbocycles. The Morgan fingerprint density at radius 2 is 1.48 bits per heavy atom. The molecule has 0 aliphatic heterocycles. The predicted octanol–water partition coefficient (Wildman–Crippen LogP) is 4.25. The van der Waals surface area contributed by atoms with E-state index in [9.17, 15) is 9.59 Å². The summed E-state index contributed by atoms with van der Waals surface area (Å²) in [5, 5.41) is 0.708. The molecule has 0 bridgehead atoms. The highest BCUT2D eigenvalue weighted by Gasteiger charge is 2.48. The molecule has 1 rings (SSSR count). The number of esters is 2. The van der Waals surface area contributed by atoms with Crippen LogP contribution in [0.15, 0.2) is 30.3 Å². The monoisotopic (exact) mass is 406 g/mol. The fourth-order valence-electron chi connectivity index (χ4n) is 2.13. The number of alkyl halides is 1. The molecule has 0 spiro atoms. The SMILES string of the molecule is CCOC(=O)C(CSC)(Cc1ccccc1)C(=O)OCC.CSCCl. The lowest BCUT2D eigenvalue weighted by atomic mass is 9.83. The molecule has 0 amide bonds. The van der Waals surface area contributed by atoms with E-state index in [1.54, 1.807) is 25.6 Å². The van der Waals surface area contributed by atoms with Gasteiger partial charge in [0.15, 0.2) is 5.41 Å². The van der Waals surface area contributed by atoms with Crippen molar-refractivity contribution in [3.05, 3.63) is 35.9 Å². The molecule has 0 aromatic heterocycles. The van der Waals surface area contributed by atoms with E-state index in [1.807, 2.05) is 42.8 Å². The Labute approximate surface area is 164 Å². The van der Waals surface area contributed by atoms with Crippen LogP contribution in [0.2, 0.25) is 0 Å². The lowest BCUT2D eigenvalue weighted by Crippen LogP contribution is -2.46. The molecule has 25 heavy (non-hydrogen) atoms. The van der Waals surface area contributed by atoms with Crippen molar-refractivity contribution in [2.24, 2.45) is 5.41 Å². The third-order valence-electron chi connectivity index (χ3n) is 3.18. The van der Waals surface area contributed by atoms with Gasteiger partial charge in [0.2, 0.25) is 0 Å². The van der Waals surface area contributed by atoms with Gasteiger partial charge in [0.25, 0.3) is 0 Å². The van der Waals surface area contributed by atoms with E-state index in [1.165, 1.54) is 11.8 Å². The van der Waals surface area contributed by atoms with Crippen LogP contribution in [0, 0.1) is 5.41 Å². The second-order valence-corrected chi connectivity index (χ2v) is 7.33. The van der Waals surface area contributed by atoms with Gasteiger partial charge in [-0.3, -0.25) is 9.59 Å². The summed E-state index contributed by atoms with van der Waals surface area (Å²) in [6, 6.07) is 9.46. The van der Waals surface area contributed by atoms with E-state index < -0.39 is 17.4 Å². The number of carbonyl (C=O) groups excluding carboxylic acids is 2. The molecule has 0 unspecified atom stereocenters. The number of carbonyl (C=O) groups is 2.